The minimum Gasteiger partial charge on any atom is -0.355 e. The highest BCUT2D eigenvalue weighted by Crippen LogP contribution is 2.36. The van der Waals surface area contributed by atoms with Crippen molar-refractivity contribution in [1.29, 1.82) is 0 Å². The lowest BCUT2D eigenvalue weighted by Crippen LogP contribution is -2.44. The van der Waals surface area contributed by atoms with Crippen LogP contribution in [0.15, 0.2) is 0 Å². The zero-order valence-corrected chi connectivity index (χ0v) is 11.0. The molecule has 2 aliphatic heterocycles. The summed E-state index contributed by atoms with van der Waals surface area (Å²) in [5.74, 6) is 0.826. The predicted molar refractivity (Wildman–Crippen MR) is 68.9 cm³/mol. The van der Waals surface area contributed by atoms with Gasteiger partial charge >= 0.3 is 0 Å². The first-order valence-electron chi connectivity index (χ1n) is 6.90. The summed E-state index contributed by atoms with van der Waals surface area (Å²) < 4.78 is 0. The average Bonchev–Trinajstić information content (AvgIpc) is 2.57. The van der Waals surface area contributed by atoms with Crippen LogP contribution < -0.4 is 10.6 Å². The van der Waals surface area contributed by atoms with Gasteiger partial charge in [-0.15, -0.1) is 0 Å². The van der Waals surface area contributed by atoms with E-state index in [0.29, 0.717) is 12.5 Å². The Bertz CT molecular complexity index is 255. The Morgan fingerprint density at radius 2 is 1.94 bits per heavy atom. The molecule has 0 radical (unpaired) electrons. The second kappa shape index (κ2) is 5.83. The van der Waals surface area contributed by atoms with Crippen molar-refractivity contribution in [2.24, 2.45) is 5.92 Å². The molecule has 0 saturated carbocycles. The predicted octanol–water partition coefficient (Wildman–Crippen LogP) is 0.585. The van der Waals surface area contributed by atoms with E-state index < -0.39 is 0 Å². The van der Waals surface area contributed by atoms with Gasteiger partial charge in [0, 0.05) is 18.6 Å². The fraction of sp³-hybridized carbons (Fsp3) is 0.923. The minimum atomic E-state index is 0.137. The van der Waals surface area contributed by atoms with Crippen molar-refractivity contribution in [2.45, 2.75) is 44.7 Å². The van der Waals surface area contributed by atoms with Crippen LogP contribution in [-0.2, 0) is 4.79 Å². The maximum atomic E-state index is 11.5. The molecule has 2 rings (SSSR count). The van der Waals surface area contributed by atoms with Crippen LogP contribution in [0.3, 0.4) is 0 Å². The standard InChI is InChI=1S/C13H25N3O/c1-3-14-9-13(17)15-8-10-6-11-4-5-12(7-10)16(11)2/h10-12,14H,3-9H2,1-2H3,(H,15,17). The van der Waals surface area contributed by atoms with Crippen molar-refractivity contribution < 1.29 is 4.79 Å². The quantitative estimate of drug-likeness (QED) is 0.738. The van der Waals surface area contributed by atoms with E-state index in [4.69, 9.17) is 0 Å². The van der Waals surface area contributed by atoms with Crippen LogP contribution in [0.5, 0.6) is 0 Å². The molecule has 4 nitrogen and oxygen atoms in total. The summed E-state index contributed by atoms with van der Waals surface area (Å²) in [6.07, 6.45) is 5.22. The van der Waals surface area contributed by atoms with Gasteiger partial charge in [0.05, 0.1) is 6.54 Å². The summed E-state index contributed by atoms with van der Waals surface area (Å²) in [6, 6.07) is 1.54. The number of nitrogens with one attached hydrogen (secondary N) is 2. The van der Waals surface area contributed by atoms with Gasteiger partial charge in [-0.3, -0.25) is 4.79 Å². The average molecular weight is 239 g/mol. The molecule has 2 heterocycles. The molecule has 2 unspecified atom stereocenters. The summed E-state index contributed by atoms with van der Waals surface area (Å²) >= 11 is 0. The van der Waals surface area contributed by atoms with Gasteiger partial charge in [0.15, 0.2) is 0 Å². The summed E-state index contributed by atoms with van der Waals surface area (Å²) in [4.78, 5) is 14.0. The first kappa shape index (κ1) is 12.8. The SMILES string of the molecule is CCNCC(=O)NCC1CC2CCC(C1)N2C. The molecule has 98 valence electrons. The third-order valence-electron chi connectivity index (χ3n) is 4.32. The highest BCUT2D eigenvalue weighted by molar-refractivity contribution is 5.77. The number of rotatable bonds is 5. The topological polar surface area (TPSA) is 44.4 Å². The summed E-state index contributed by atoms with van der Waals surface area (Å²) in [5, 5.41) is 6.10. The van der Waals surface area contributed by atoms with Gasteiger partial charge in [-0.25, -0.2) is 0 Å². The van der Waals surface area contributed by atoms with Gasteiger partial charge in [-0.1, -0.05) is 6.92 Å². The molecule has 0 aromatic carbocycles. The molecule has 1 amide bonds. The molecule has 0 aliphatic carbocycles. The highest BCUT2D eigenvalue weighted by Gasteiger charge is 2.38. The van der Waals surface area contributed by atoms with Crippen LogP contribution in [0.4, 0.5) is 0 Å². The minimum absolute atomic E-state index is 0.137. The van der Waals surface area contributed by atoms with E-state index in [2.05, 4.69) is 22.6 Å². The van der Waals surface area contributed by atoms with Crippen molar-refractivity contribution >= 4 is 5.91 Å². The molecule has 2 N–H and O–H groups in total. The molecule has 0 spiro atoms. The first-order chi connectivity index (χ1) is 8.20. The maximum Gasteiger partial charge on any atom is 0.233 e. The molecular formula is C13H25N3O. The van der Waals surface area contributed by atoms with Crippen molar-refractivity contribution in [3.8, 4) is 0 Å². The van der Waals surface area contributed by atoms with E-state index >= 15 is 0 Å². The molecular weight excluding hydrogens is 214 g/mol. The summed E-state index contributed by atoms with van der Waals surface area (Å²) in [5.41, 5.74) is 0. The fourth-order valence-electron chi connectivity index (χ4n) is 3.25. The van der Waals surface area contributed by atoms with Crippen molar-refractivity contribution in [3.05, 3.63) is 0 Å². The smallest absolute Gasteiger partial charge is 0.233 e. The molecule has 4 heteroatoms. The Kier molecular flexibility index (Phi) is 4.40. The molecule has 2 fully saturated rings. The van der Waals surface area contributed by atoms with E-state index in [1.807, 2.05) is 6.92 Å². The van der Waals surface area contributed by atoms with Crippen molar-refractivity contribution in [1.82, 2.24) is 15.5 Å². The number of piperidine rings is 1. The molecule has 2 atom stereocenters. The summed E-state index contributed by atoms with van der Waals surface area (Å²) in [6.45, 7) is 4.19. The number of likely N-dealkylation sites (N-methyl/N-ethyl adjacent to an activating group) is 1. The van der Waals surface area contributed by atoms with Crippen molar-refractivity contribution in [2.75, 3.05) is 26.7 Å². The van der Waals surface area contributed by atoms with Crippen LogP contribution in [0.2, 0.25) is 0 Å². The fourth-order valence-corrected chi connectivity index (χ4v) is 3.25. The molecule has 0 aromatic rings. The number of nitrogens with zero attached hydrogens (tertiary/aromatic N) is 1. The normalized spacial score (nSPS) is 32.7. The Labute approximate surface area is 104 Å². The van der Waals surface area contributed by atoms with Gasteiger partial charge in [0.1, 0.15) is 0 Å². The van der Waals surface area contributed by atoms with Crippen LogP contribution in [0.25, 0.3) is 0 Å². The van der Waals surface area contributed by atoms with Crippen LogP contribution >= 0.6 is 0 Å². The van der Waals surface area contributed by atoms with E-state index in [0.717, 1.165) is 25.2 Å². The molecule has 0 aromatic heterocycles. The number of hydrogen-bond acceptors (Lipinski definition) is 3. The Morgan fingerprint density at radius 1 is 1.29 bits per heavy atom. The van der Waals surface area contributed by atoms with E-state index in [1.165, 1.54) is 25.7 Å². The lowest BCUT2D eigenvalue weighted by molar-refractivity contribution is -0.120. The highest BCUT2D eigenvalue weighted by atomic mass is 16.1. The Balaban J connectivity index is 1.69. The van der Waals surface area contributed by atoms with Crippen LogP contribution in [-0.4, -0.2) is 49.6 Å². The first-order valence-corrected chi connectivity index (χ1v) is 6.90. The third-order valence-corrected chi connectivity index (χ3v) is 4.32. The zero-order valence-electron chi connectivity index (χ0n) is 11.0. The van der Waals surface area contributed by atoms with E-state index in [9.17, 15) is 4.79 Å². The Morgan fingerprint density at radius 3 is 2.53 bits per heavy atom. The molecule has 17 heavy (non-hydrogen) atoms. The second-order valence-electron chi connectivity index (χ2n) is 5.47. The maximum absolute atomic E-state index is 11.5. The molecule has 2 aliphatic rings. The van der Waals surface area contributed by atoms with Crippen LogP contribution in [0.1, 0.15) is 32.6 Å². The largest absolute Gasteiger partial charge is 0.355 e. The third kappa shape index (κ3) is 3.19. The Hall–Kier alpha value is -0.610. The van der Waals surface area contributed by atoms with Crippen LogP contribution in [0, 0.1) is 5.92 Å². The van der Waals surface area contributed by atoms with Gasteiger partial charge in [-0.2, -0.15) is 0 Å². The van der Waals surface area contributed by atoms with Gasteiger partial charge in [-0.05, 0) is 45.2 Å². The number of amides is 1. The molecule has 2 bridgehead atoms. The monoisotopic (exact) mass is 239 g/mol. The number of fused-ring (bicyclic) bond motifs is 2. The second-order valence-corrected chi connectivity index (χ2v) is 5.47. The lowest BCUT2D eigenvalue weighted by atomic mass is 9.91. The number of carbonyl (C=O) groups is 1. The van der Waals surface area contributed by atoms with Crippen molar-refractivity contribution in [3.63, 3.8) is 0 Å². The molecule has 2 saturated heterocycles. The van der Waals surface area contributed by atoms with Gasteiger partial charge in [0.2, 0.25) is 5.91 Å². The van der Waals surface area contributed by atoms with E-state index in [-0.39, 0.29) is 5.91 Å². The number of hydrogen-bond donors (Lipinski definition) is 2. The van der Waals surface area contributed by atoms with E-state index in [1.54, 1.807) is 0 Å². The zero-order chi connectivity index (χ0) is 12.3. The summed E-state index contributed by atoms with van der Waals surface area (Å²) in [7, 11) is 2.25. The van der Waals surface area contributed by atoms with Gasteiger partial charge < -0.3 is 15.5 Å². The van der Waals surface area contributed by atoms with Gasteiger partial charge in [0.25, 0.3) is 0 Å². The lowest BCUT2D eigenvalue weighted by Gasteiger charge is -2.36. The number of carbonyl (C=O) groups excluding carboxylic acids is 1.